The number of benzene rings is 1. The van der Waals surface area contributed by atoms with Gasteiger partial charge in [-0.05, 0) is 18.9 Å². The maximum Gasteiger partial charge on any atom is 0.299 e. The Kier molecular flexibility index (Phi) is 3.61. The van der Waals surface area contributed by atoms with Gasteiger partial charge in [-0.25, -0.2) is 0 Å². The highest BCUT2D eigenvalue weighted by Gasteiger charge is 2.30. The van der Waals surface area contributed by atoms with Gasteiger partial charge in [0.1, 0.15) is 5.69 Å². The summed E-state index contributed by atoms with van der Waals surface area (Å²) in [4.78, 5) is 22.1. The molecule has 0 unspecified atom stereocenters. The standard InChI is InChI=1S/C11H13N3O5/c15-7-9-2-1-5-12(9)10-4-3-8(13(16)17)6-11(10)14(18)19/h3-4,6,9,15H,1-2,5,7H2/t9-/m0/s1. The minimum atomic E-state index is -0.662. The molecule has 1 atom stereocenters. The van der Waals surface area contributed by atoms with Crippen LogP contribution in [0.25, 0.3) is 0 Å². The van der Waals surface area contributed by atoms with Gasteiger partial charge in [-0.1, -0.05) is 0 Å². The van der Waals surface area contributed by atoms with Crippen LogP contribution in [-0.2, 0) is 0 Å². The molecule has 2 rings (SSSR count). The number of aliphatic hydroxyl groups excluding tert-OH is 1. The van der Waals surface area contributed by atoms with Crippen LogP contribution in [-0.4, -0.2) is 34.1 Å². The fraction of sp³-hybridized carbons (Fsp3) is 0.455. The van der Waals surface area contributed by atoms with Crippen LogP contribution in [0.5, 0.6) is 0 Å². The molecule has 1 aliphatic rings. The summed E-state index contributed by atoms with van der Waals surface area (Å²) in [6.07, 6.45) is 1.59. The van der Waals surface area contributed by atoms with Crippen molar-refractivity contribution in [1.82, 2.24) is 0 Å². The highest BCUT2D eigenvalue weighted by atomic mass is 16.6. The zero-order valence-electron chi connectivity index (χ0n) is 10.1. The Morgan fingerprint density at radius 3 is 2.63 bits per heavy atom. The summed E-state index contributed by atoms with van der Waals surface area (Å²) in [5.41, 5.74) is -0.281. The predicted octanol–water partition coefficient (Wildman–Crippen LogP) is 1.46. The topological polar surface area (TPSA) is 110 Å². The summed E-state index contributed by atoms with van der Waals surface area (Å²) in [6, 6.07) is 3.42. The maximum absolute atomic E-state index is 11.0. The summed E-state index contributed by atoms with van der Waals surface area (Å²) in [7, 11) is 0. The van der Waals surface area contributed by atoms with Crippen LogP contribution < -0.4 is 4.90 Å². The number of non-ortho nitro benzene ring substituents is 1. The number of anilines is 1. The Hall–Kier alpha value is -2.22. The molecule has 1 saturated heterocycles. The van der Waals surface area contributed by atoms with Crippen molar-refractivity contribution in [3.05, 3.63) is 38.4 Å². The van der Waals surface area contributed by atoms with E-state index < -0.39 is 9.85 Å². The molecule has 0 radical (unpaired) electrons. The molecule has 1 fully saturated rings. The van der Waals surface area contributed by atoms with Gasteiger partial charge in [0.05, 0.1) is 28.6 Å². The number of nitro groups is 2. The van der Waals surface area contributed by atoms with E-state index in [-0.39, 0.29) is 24.0 Å². The summed E-state index contributed by atoms with van der Waals surface area (Å²) in [6.45, 7) is 0.512. The first-order chi connectivity index (χ1) is 9.04. The van der Waals surface area contributed by atoms with E-state index >= 15 is 0 Å². The molecule has 1 aromatic rings. The van der Waals surface area contributed by atoms with Gasteiger partial charge >= 0.3 is 0 Å². The van der Waals surface area contributed by atoms with E-state index in [1.807, 2.05) is 0 Å². The average molecular weight is 267 g/mol. The molecule has 0 amide bonds. The molecule has 102 valence electrons. The van der Waals surface area contributed by atoms with Crippen LogP contribution in [0.15, 0.2) is 18.2 Å². The lowest BCUT2D eigenvalue weighted by Gasteiger charge is -2.24. The number of nitro benzene ring substituents is 2. The van der Waals surface area contributed by atoms with Gasteiger partial charge in [0, 0.05) is 12.6 Å². The Morgan fingerprint density at radius 1 is 1.32 bits per heavy atom. The SMILES string of the molecule is O=[N+]([O-])c1ccc(N2CCC[C@H]2CO)c([N+](=O)[O-])c1. The van der Waals surface area contributed by atoms with Crippen LogP contribution >= 0.6 is 0 Å². The van der Waals surface area contributed by atoms with Crippen LogP contribution in [0.3, 0.4) is 0 Å². The molecule has 1 N–H and O–H groups in total. The molecule has 8 nitrogen and oxygen atoms in total. The van der Waals surface area contributed by atoms with E-state index in [9.17, 15) is 25.3 Å². The Bertz CT molecular complexity index is 519. The first-order valence-electron chi connectivity index (χ1n) is 5.85. The molecular weight excluding hydrogens is 254 g/mol. The Labute approximate surface area is 108 Å². The van der Waals surface area contributed by atoms with Gasteiger partial charge in [0.2, 0.25) is 0 Å². The van der Waals surface area contributed by atoms with Crippen LogP contribution in [0.4, 0.5) is 17.1 Å². The molecule has 0 aliphatic carbocycles. The van der Waals surface area contributed by atoms with Gasteiger partial charge in [0.15, 0.2) is 0 Å². The number of hydrogen-bond acceptors (Lipinski definition) is 6. The minimum Gasteiger partial charge on any atom is -0.394 e. The fourth-order valence-corrected chi connectivity index (χ4v) is 2.36. The largest absolute Gasteiger partial charge is 0.394 e. The second-order valence-corrected chi connectivity index (χ2v) is 4.36. The number of rotatable bonds is 4. The van der Waals surface area contributed by atoms with Gasteiger partial charge in [-0.15, -0.1) is 0 Å². The summed E-state index contributed by atoms with van der Waals surface area (Å²) >= 11 is 0. The zero-order chi connectivity index (χ0) is 14.0. The fourth-order valence-electron chi connectivity index (χ4n) is 2.36. The quantitative estimate of drug-likeness (QED) is 0.653. The Morgan fingerprint density at radius 2 is 2.05 bits per heavy atom. The van der Waals surface area contributed by atoms with E-state index in [4.69, 9.17) is 0 Å². The molecule has 1 aliphatic heterocycles. The average Bonchev–Trinajstić information content (AvgIpc) is 2.85. The van der Waals surface area contributed by atoms with Crippen LogP contribution in [0, 0.1) is 20.2 Å². The van der Waals surface area contributed by atoms with E-state index in [1.165, 1.54) is 12.1 Å². The lowest BCUT2D eigenvalue weighted by Crippen LogP contribution is -2.32. The third-order valence-corrected chi connectivity index (χ3v) is 3.26. The van der Waals surface area contributed by atoms with E-state index in [0.29, 0.717) is 12.2 Å². The highest BCUT2D eigenvalue weighted by Crippen LogP contribution is 2.35. The predicted molar refractivity (Wildman–Crippen MR) is 67.2 cm³/mol. The third kappa shape index (κ3) is 2.48. The molecular formula is C11H13N3O5. The number of nitrogens with zero attached hydrogens (tertiary/aromatic N) is 3. The smallest absolute Gasteiger partial charge is 0.299 e. The molecule has 19 heavy (non-hydrogen) atoms. The molecule has 0 spiro atoms. The lowest BCUT2D eigenvalue weighted by molar-refractivity contribution is -0.393. The van der Waals surface area contributed by atoms with Crippen molar-refractivity contribution in [3.63, 3.8) is 0 Å². The zero-order valence-corrected chi connectivity index (χ0v) is 10.1. The summed E-state index contributed by atoms with van der Waals surface area (Å²) in [5.74, 6) is 0. The normalized spacial score (nSPS) is 18.6. The van der Waals surface area contributed by atoms with E-state index in [0.717, 1.165) is 18.9 Å². The first-order valence-corrected chi connectivity index (χ1v) is 5.85. The van der Waals surface area contributed by atoms with Crippen molar-refractivity contribution in [2.45, 2.75) is 18.9 Å². The third-order valence-electron chi connectivity index (χ3n) is 3.26. The highest BCUT2D eigenvalue weighted by molar-refractivity contribution is 5.67. The van der Waals surface area contributed by atoms with Crippen molar-refractivity contribution in [2.75, 3.05) is 18.1 Å². The molecule has 0 saturated carbocycles. The van der Waals surface area contributed by atoms with Gasteiger partial charge in [-0.3, -0.25) is 20.2 Å². The van der Waals surface area contributed by atoms with Crippen LogP contribution in [0.1, 0.15) is 12.8 Å². The maximum atomic E-state index is 11.0. The van der Waals surface area contributed by atoms with Gasteiger partial charge in [0.25, 0.3) is 11.4 Å². The first kappa shape index (κ1) is 13.2. The summed E-state index contributed by atoms with van der Waals surface area (Å²) < 4.78 is 0. The minimum absolute atomic E-state index is 0.0891. The molecule has 1 aromatic carbocycles. The van der Waals surface area contributed by atoms with Gasteiger partial charge < -0.3 is 10.0 Å². The van der Waals surface area contributed by atoms with Gasteiger partial charge in [-0.2, -0.15) is 0 Å². The lowest BCUT2D eigenvalue weighted by atomic mass is 10.2. The molecule has 0 aromatic heterocycles. The second-order valence-electron chi connectivity index (χ2n) is 4.36. The number of hydrogen-bond donors (Lipinski definition) is 1. The van der Waals surface area contributed by atoms with Crippen molar-refractivity contribution in [1.29, 1.82) is 0 Å². The Balaban J connectivity index is 2.45. The van der Waals surface area contributed by atoms with Crippen molar-refractivity contribution >= 4 is 17.1 Å². The monoisotopic (exact) mass is 267 g/mol. The van der Waals surface area contributed by atoms with Crippen molar-refractivity contribution < 1.29 is 15.0 Å². The van der Waals surface area contributed by atoms with E-state index in [1.54, 1.807) is 4.90 Å². The van der Waals surface area contributed by atoms with E-state index in [2.05, 4.69) is 0 Å². The number of aliphatic hydroxyl groups is 1. The molecule has 1 heterocycles. The van der Waals surface area contributed by atoms with Crippen molar-refractivity contribution in [2.24, 2.45) is 0 Å². The molecule has 8 heteroatoms. The second kappa shape index (κ2) is 5.19. The van der Waals surface area contributed by atoms with Crippen molar-refractivity contribution in [3.8, 4) is 0 Å². The van der Waals surface area contributed by atoms with Crippen LogP contribution in [0.2, 0.25) is 0 Å². The molecule has 0 bridgehead atoms. The summed E-state index contributed by atoms with van der Waals surface area (Å²) in [5, 5.41) is 31.0.